The van der Waals surface area contributed by atoms with Crippen LogP contribution in [-0.4, -0.2) is 18.6 Å². The third kappa shape index (κ3) is 4.65. The minimum absolute atomic E-state index is 0.0435. The van der Waals surface area contributed by atoms with E-state index >= 15 is 0 Å². The molecular weight excluding hydrogens is 238 g/mol. The van der Waals surface area contributed by atoms with Crippen LogP contribution in [0.2, 0.25) is 5.02 Å². The van der Waals surface area contributed by atoms with Gasteiger partial charge in [0.25, 0.3) is 0 Å². The van der Waals surface area contributed by atoms with E-state index in [4.69, 9.17) is 16.3 Å². The van der Waals surface area contributed by atoms with Gasteiger partial charge in [-0.25, -0.2) is 0 Å². The molecule has 0 aliphatic rings. The molecule has 0 aliphatic carbocycles. The molecule has 0 heterocycles. The molecule has 1 aromatic carbocycles. The zero-order chi connectivity index (χ0) is 13.1. The van der Waals surface area contributed by atoms with Gasteiger partial charge in [-0.05, 0) is 39.0 Å². The molecule has 1 amide bonds. The highest BCUT2D eigenvalue weighted by Crippen LogP contribution is 2.23. The van der Waals surface area contributed by atoms with Gasteiger partial charge in [0.2, 0.25) is 5.91 Å². The van der Waals surface area contributed by atoms with E-state index in [-0.39, 0.29) is 17.9 Å². The molecule has 0 saturated heterocycles. The van der Waals surface area contributed by atoms with E-state index in [1.807, 2.05) is 20.8 Å². The standard InChI is InChI=1S/C13H18ClNO2/c1-13(2,3)15-12(16)8-9-7-10(14)5-6-11(9)17-4/h5-7H,8H2,1-4H3,(H,15,16). The molecule has 0 radical (unpaired) electrons. The van der Waals surface area contributed by atoms with Gasteiger partial charge in [0.15, 0.2) is 0 Å². The van der Waals surface area contributed by atoms with Crippen LogP contribution in [0.3, 0.4) is 0 Å². The Kier molecular flexibility index (Phi) is 4.40. The van der Waals surface area contributed by atoms with Crippen molar-refractivity contribution >= 4 is 17.5 Å². The summed E-state index contributed by atoms with van der Waals surface area (Å²) < 4.78 is 5.19. The van der Waals surface area contributed by atoms with Gasteiger partial charge < -0.3 is 10.1 Å². The lowest BCUT2D eigenvalue weighted by Crippen LogP contribution is -2.41. The monoisotopic (exact) mass is 255 g/mol. The number of rotatable bonds is 3. The first-order chi connectivity index (χ1) is 7.81. The van der Waals surface area contributed by atoms with Gasteiger partial charge in [0, 0.05) is 16.1 Å². The van der Waals surface area contributed by atoms with Crippen LogP contribution < -0.4 is 10.1 Å². The van der Waals surface area contributed by atoms with Crippen molar-refractivity contribution in [3.05, 3.63) is 28.8 Å². The number of nitrogens with one attached hydrogen (secondary N) is 1. The van der Waals surface area contributed by atoms with Crippen LogP contribution >= 0.6 is 11.6 Å². The quantitative estimate of drug-likeness (QED) is 0.902. The number of carbonyl (C=O) groups excluding carboxylic acids is 1. The van der Waals surface area contributed by atoms with E-state index in [1.165, 1.54) is 0 Å². The third-order valence-corrected chi connectivity index (χ3v) is 2.34. The van der Waals surface area contributed by atoms with Crippen LogP contribution in [0.25, 0.3) is 0 Å². The van der Waals surface area contributed by atoms with Crippen molar-refractivity contribution in [3.8, 4) is 5.75 Å². The summed E-state index contributed by atoms with van der Waals surface area (Å²) in [6.07, 6.45) is 0.265. The molecule has 0 atom stereocenters. The zero-order valence-corrected chi connectivity index (χ0v) is 11.4. The van der Waals surface area contributed by atoms with Crippen LogP contribution in [0.4, 0.5) is 0 Å². The first kappa shape index (κ1) is 13.8. The van der Waals surface area contributed by atoms with E-state index in [0.717, 1.165) is 5.56 Å². The average molecular weight is 256 g/mol. The fourth-order valence-electron chi connectivity index (χ4n) is 1.52. The maximum atomic E-state index is 11.8. The highest BCUT2D eigenvalue weighted by atomic mass is 35.5. The maximum Gasteiger partial charge on any atom is 0.224 e. The van der Waals surface area contributed by atoms with Gasteiger partial charge in [-0.2, -0.15) is 0 Å². The van der Waals surface area contributed by atoms with Crippen LogP contribution in [0.15, 0.2) is 18.2 Å². The highest BCUT2D eigenvalue weighted by molar-refractivity contribution is 6.30. The Hall–Kier alpha value is -1.22. The number of carbonyl (C=O) groups is 1. The molecular formula is C13H18ClNO2. The van der Waals surface area contributed by atoms with Crippen molar-refractivity contribution in [3.63, 3.8) is 0 Å². The first-order valence-corrected chi connectivity index (χ1v) is 5.83. The number of hydrogen-bond acceptors (Lipinski definition) is 2. The van der Waals surface area contributed by atoms with Crippen molar-refractivity contribution in [1.29, 1.82) is 0 Å². The van der Waals surface area contributed by atoms with Crippen LogP contribution in [0, 0.1) is 0 Å². The number of amides is 1. The Labute approximate surface area is 107 Å². The molecule has 0 saturated carbocycles. The van der Waals surface area contributed by atoms with Crippen molar-refractivity contribution < 1.29 is 9.53 Å². The van der Waals surface area contributed by atoms with Gasteiger partial charge >= 0.3 is 0 Å². The molecule has 3 nitrogen and oxygen atoms in total. The molecule has 1 rings (SSSR count). The van der Waals surface area contributed by atoms with Crippen LogP contribution in [-0.2, 0) is 11.2 Å². The van der Waals surface area contributed by atoms with Gasteiger partial charge in [-0.1, -0.05) is 11.6 Å². The topological polar surface area (TPSA) is 38.3 Å². The zero-order valence-electron chi connectivity index (χ0n) is 10.6. The minimum Gasteiger partial charge on any atom is -0.496 e. The second-order valence-electron chi connectivity index (χ2n) is 4.93. The molecule has 0 unspecified atom stereocenters. The summed E-state index contributed by atoms with van der Waals surface area (Å²) in [4.78, 5) is 11.8. The molecule has 0 aromatic heterocycles. The number of methoxy groups -OCH3 is 1. The van der Waals surface area contributed by atoms with Crippen molar-refractivity contribution in [2.45, 2.75) is 32.7 Å². The van der Waals surface area contributed by atoms with Gasteiger partial charge in [0.1, 0.15) is 5.75 Å². The first-order valence-electron chi connectivity index (χ1n) is 5.45. The summed E-state index contributed by atoms with van der Waals surface area (Å²) >= 11 is 5.90. The maximum absolute atomic E-state index is 11.8. The second kappa shape index (κ2) is 5.41. The summed E-state index contributed by atoms with van der Waals surface area (Å²) in [5, 5.41) is 3.50. The highest BCUT2D eigenvalue weighted by Gasteiger charge is 2.15. The van der Waals surface area contributed by atoms with E-state index in [2.05, 4.69) is 5.32 Å². The molecule has 4 heteroatoms. The molecule has 0 spiro atoms. The number of hydrogen-bond donors (Lipinski definition) is 1. The summed E-state index contributed by atoms with van der Waals surface area (Å²) in [5.74, 6) is 0.636. The summed E-state index contributed by atoms with van der Waals surface area (Å²) in [7, 11) is 1.58. The Bertz CT molecular complexity index is 410. The normalized spacial score (nSPS) is 11.1. The van der Waals surface area contributed by atoms with Crippen molar-refractivity contribution in [2.24, 2.45) is 0 Å². The van der Waals surface area contributed by atoms with E-state index in [0.29, 0.717) is 10.8 Å². The number of benzene rings is 1. The summed E-state index contributed by atoms with van der Waals surface area (Å²) in [6.45, 7) is 5.83. The molecule has 0 aliphatic heterocycles. The predicted octanol–water partition coefficient (Wildman–Crippen LogP) is 2.81. The molecule has 17 heavy (non-hydrogen) atoms. The summed E-state index contributed by atoms with van der Waals surface area (Å²) in [5.41, 5.74) is 0.560. The average Bonchev–Trinajstić information content (AvgIpc) is 2.14. The second-order valence-corrected chi connectivity index (χ2v) is 5.37. The molecule has 94 valence electrons. The lowest BCUT2D eigenvalue weighted by atomic mass is 10.1. The third-order valence-electron chi connectivity index (χ3n) is 2.11. The Morgan fingerprint density at radius 1 is 1.41 bits per heavy atom. The number of ether oxygens (including phenoxy) is 1. The molecule has 0 bridgehead atoms. The Morgan fingerprint density at radius 3 is 2.59 bits per heavy atom. The lowest BCUT2D eigenvalue weighted by Gasteiger charge is -2.20. The van der Waals surface area contributed by atoms with E-state index in [9.17, 15) is 4.79 Å². The van der Waals surface area contributed by atoms with Crippen molar-refractivity contribution in [1.82, 2.24) is 5.32 Å². The lowest BCUT2D eigenvalue weighted by molar-refractivity contribution is -0.121. The largest absolute Gasteiger partial charge is 0.496 e. The fourth-order valence-corrected chi connectivity index (χ4v) is 1.72. The van der Waals surface area contributed by atoms with Crippen LogP contribution in [0.5, 0.6) is 5.75 Å². The van der Waals surface area contributed by atoms with Gasteiger partial charge in [0.05, 0.1) is 13.5 Å². The van der Waals surface area contributed by atoms with Gasteiger partial charge in [-0.3, -0.25) is 4.79 Å². The van der Waals surface area contributed by atoms with Crippen LogP contribution in [0.1, 0.15) is 26.3 Å². The smallest absolute Gasteiger partial charge is 0.224 e. The van der Waals surface area contributed by atoms with E-state index < -0.39 is 0 Å². The molecule has 0 fully saturated rings. The summed E-state index contributed by atoms with van der Waals surface area (Å²) in [6, 6.07) is 5.26. The minimum atomic E-state index is -0.233. The Balaban J connectivity index is 2.80. The predicted molar refractivity (Wildman–Crippen MR) is 69.6 cm³/mol. The number of halogens is 1. The fraction of sp³-hybridized carbons (Fsp3) is 0.462. The van der Waals surface area contributed by atoms with Gasteiger partial charge in [-0.15, -0.1) is 0 Å². The van der Waals surface area contributed by atoms with Crippen molar-refractivity contribution in [2.75, 3.05) is 7.11 Å². The molecule has 1 aromatic rings. The van der Waals surface area contributed by atoms with E-state index in [1.54, 1.807) is 25.3 Å². The molecule has 1 N–H and O–H groups in total. The Morgan fingerprint density at radius 2 is 2.06 bits per heavy atom. The SMILES string of the molecule is COc1ccc(Cl)cc1CC(=O)NC(C)(C)C.